The highest BCUT2D eigenvalue weighted by Crippen LogP contribution is 2.38. The number of ether oxygens (including phenoxy) is 2. The summed E-state index contributed by atoms with van der Waals surface area (Å²) in [6.07, 6.45) is 9.58. The fraction of sp³-hybridized carbons (Fsp3) is 0.159. The summed E-state index contributed by atoms with van der Waals surface area (Å²) in [7, 11) is 3.05. The smallest absolute Gasteiger partial charge is 0.337 e. The standard InChI is InChI=1S/C63H50N8O3/c1-62(2)35-51-32-54-41(17-11-37-7-13-39(14-8-37)58-52-25-23-47(66-52)30-45-21-19-43(64-45)29-44-20-22-46(65-44)31-48-24-26-53(58)67-48)27-49(68-54)33-57-63(3,4)36-55(71-57)60(73-5)59-42(28-50(70-59)34-56(62)69-51)18-12-38-9-15-40(16-10-38)61(72)74-6/h7-10,13-16,19-34,64-65,68,70H,35-36H2,1-6H3. The second kappa shape index (κ2) is 18.0. The van der Waals surface area contributed by atoms with Crippen LogP contribution in [-0.4, -0.2) is 60.1 Å². The first-order valence-corrected chi connectivity index (χ1v) is 24.5. The first-order chi connectivity index (χ1) is 35.8. The number of nitrogens with zero attached hydrogens (tertiary/aromatic N) is 4. The third kappa shape index (κ3) is 8.97. The number of esters is 1. The van der Waals surface area contributed by atoms with Gasteiger partial charge in [-0.3, -0.25) is 9.97 Å². The quantitative estimate of drug-likeness (QED) is 0.102. The molecule has 6 aromatic heterocycles. The maximum Gasteiger partial charge on any atom is 0.337 e. The molecule has 0 atom stereocenters. The molecular formula is C63H50N8O3. The highest BCUT2D eigenvalue weighted by molar-refractivity contribution is 5.90. The van der Waals surface area contributed by atoms with Crippen LogP contribution in [0, 0.1) is 23.7 Å². The van der Waals surface area contributed by atoms with Gasteiger partial charge in [0, 0.05) is 90.5 Å². The van der Waals surface area contributed by atoms with E-state index in [1.54, 1.807) is 19.2 Å². The lowest BCUT2D eigenvalue weighted by atomic mass is 9.87. The molecule has 4 aliphatic rings. The van der Waals surface area contributed by atoms with Gasteiger partial charge in [-0.15, -0.1) is 0 Å². The number of aromatic nitrogens is 8. The molecule has 2 aromatic carbocycles. The molecule has 74 heavy (non-hydrogen) atoms. The van der Waals surface area contributed by atoms with E-state index in [9.17, 15) is 4.79 Å². The molecule has 12 rings (SSSR count). The van der Waals surface area contributed by atoms with Gasteiger partial charge in [0.15, 0.2) is 5.75 Å². The number of hydrogen-bond acceptors (Lipinski definition) is 7. The highest BCUT2D eigenvalue weighted by atomic mass is 16.5. The molecule has 0 spiro atoms. The molecule has 0 saturated heterocycles. The molecule has 16 bridgehead atoms. The van der Waals surface area contributed by atoms with Crippen molar-refractivity contribution in [1.29, 1.82) is 0 Å². The van der Waals surface area contributed by atoms with Crippen molar-refractivity contribution in [3.05, 3.63) is 195 Å². The first kappa shape index (κ1) is 45.7. The van der Waals surface area contributed by atoms with Crippen molar-refractivity contribution in [2.45, 2.75) is 51.4 Å². The zero-order valence-electron chi connectivity index (χ0n) is 41.8. The molecule has 4 aliphatic heterocycles. The summed E-state index contributed by atoms with van der Waals surface area (Å²) in [5, 5.41) is 0. The fourth-order valence-electron chi connectivity index (χ4n) is 9.96. The monoisotopic (exact) mass is 966 g/mol. The maximum atomic E-state index is 12.1. The molecule has 10 heterocycles. The number of rotatable bonds is 3. The number of H-pyrrole nitrogens is 4. The van der Waals surface area contributed by atoms with Crippen molar-refractivity contribution in [2.75, 3.05) is 14.2 Å². The van der Waals surface area contributed by atoms with Crippen molar-refractivity contribution in [3.8, 4) is 40.6 Å². The fourth-order valence-corrected chi connectivity index (χ4v) is 9.96. The summed E-state index contributed by atoms with van der Waals surface area (Å²) in [5.74, 6) is 13.9. The van der Waals surface area contributed by atoms with Gasteiger partial charge in [-0.2, -0.15) is 0 Å². The van der Waals surface area contributed by atoms with Crippen LogP contribution in [0.25, 0.3) is 79.6 Å². The minimum absolute atomic E-state index is 0.264. The lowest BCUT2D eigenvalue weighted by Crippen LogP contribution is -2.15. The molecule has 360 valence electrons. The van der Waals surface area contributed by atoms with Gasteiger partial charge in [-0.1, -0.05) is 63.5 Å². The summed E-state index contributed by atoms with van der Waals surface area (Å²) < 4.78 is 11.1. The number of carbonyl (C=O) groups excluding carboxylic acids is 1. The molecule has 0 amide bonds. The van der Waals surface area contributed by atoms with E-state index in [0.717, 1.165) is 129 Å². The highest BCUT2D eigenvalue weighted by Gasteiger charge is 2.32. The number of fused-ring (bicyclic) bond motifs is 16. The Hall–Kier alpha value is -9.45. The predicted molar refractivity (Wildman–Crippen MR) is 295 cm³/mol. The normalized spacial score (nSPS) is 13.9. The van der Waals surface area contributed by atoms with Crippen molar-refractivity contribution in [1.82, 2.24) is 39.9 Å². The van der Waals surface area contributed by atoms with Crippen molar-refractivity contribution in [2.24, 2.45) is 0 Å². The van der Waals surface area contributed by atoms with Crippen LogP contribution in [0.2, 0.25) is 0 Å². The summed E-state index contributed by atoms with van der Waals surface area (Å²) >= 11 is 0. The molecule has 0 aliphatic carbocycles. The minimum Gasteiger partial charge on any atom is -0.493 e. The number of hydrogen-bond donors (Lipinski definition) is 4. The molecule has 11 heteroatoms. The molecule has 11 nitrogen and oxygen atoms in total. The Morgan fingerprint density at radius 1 is 0.527 bits per heavy atom. The van der Waals surface area contributed by atoms with Gasteiger partial charge in [-0.05, 0) is 139 Å². The zero-order valence-corrected chi connectivity index (χ0v) is 41.8. The number of carbonyl (C=O) groups is 1. The van der Waals surface area contributed by atoms with Gasteiger partial charge in [0.25, 0.3) is 0 Å². The third-order valence-corrected chi connectivity index (χ3v) is 13.8. The number of aromatic amines is 4. The van der Waals surface area contributed by atoms with E-state index in [1.807, 2.05) is 30.4 Å². The number of benzene rings is 2. The molecular weight excluding hydrogens is 917 g/mol. The van der Waals surface area contributed by atoms with E-state index >= 15 is 0 Å². The Morgan fingerprint density at radius 2 is 1.08 bits per heavy atom. The van der Waals surface area contributed by atoms with E-state index in [1.165, 1.54) is 7.11 Å². The van der Waals surface area contributed by atoms with Gasteiger partial charge in [-0.25, -0.2) is 14.8 Å². The lowest BCUT2D eigenvalue weighted by molar-refractivity contribution is 0.0600. The van der Waals surface area contributed by atoms with E-state index in [4.69, 9.17) is 29.4 Å². The van der Waals surface area contributed by atoms with Crippen LogP contribution in [0.1, 0.15) is 106 Å². The van der Waals surface area contributed by atoms with Crippen LogP contribution in [-0.2, 0) is 28.4 Å². The van der Waals surface area contributed by atoms with Gasteiger partial charge in [0.1, 0.15) is 0 Å². The van der Waals surface area contributed by atoms with Crippen molar-refractivity contribution < 1.29 is 14.3 Å². The largest absolute Gasteiger partial charge is 0.493 e. The van der Waals surface area contributed by atoms with E-state index in [-0.39, 0.29) is 10.8 Å². The maximum absolute atomic E-state index is 12.1. The molecule has 4 N–H and O–H groups in total. The Balaban J connectivity index is 0.954. The van der Waals surface area contributed by atoms with Crippen molar-refractivity contribution >= 4 is 74.4 Å². The molecule has 0 fully saturated rings. The summed E-state index contributed by atoms with van der Waals surface area (Å²) in [6.45, 7) is 8.82. The van der Waals surface area contributed by atoms with Gasteiger partial charge in [0.2, 0.25) is 0 Å². The molecule has 0 unspecified atom stereocenters. The van der Waals surface area contributed by atoms with Crippen LogP contribution < -0.4 is 4.74 Å². The zero-order chi connectivity index (χ0) is 50.7. The number of nitrogens with one attached hydrogen (secondary N) is 4. The van der Waals surface area contributed by atoms with Crippen LogP contribution >= 0.6 is 0 Å². The Morgan fingerprint density at radius 3 is 1.70 bits per heavy atom. The molecule has 0 saturated carbocycles. The SMILES string of the molecule is COC(=O)c1ccc(C#Cc2cc3cc4nc(cc5[nH]c(cc6nc(c(OC)c2[nH]3)CC6(C)C)cc5C#Cc2ccc(-c3c5nc(cc6ccc(cc7ccc(cc8nc3C=C8)[nH]7)[nH]6)C=C5)cc2)CC4(C)C)cc1. The Labute approximate surface area is 427 Å². The Bertz CT molecular complexity index is 4100. The first-order valence-electron chi connectivity index (χ1n) is 24.5. The summed E-state index contributed by atoms with van der Waals surface area (Å²) in [6, 6.07) is 40.4. The van der Waals surface area contributed by atoms with E-state index in [0.29, 0.717) is 17.7 Å². The van der Waals surface area contributed by atoms with Gasteiger partial charge < -0.3 is 29.4 Å². The van der Waals surface area contributed by atoms with E-state index in [2.05, 4.69) is 174 Å². The Kier molecular flexibility index (Phi) is 11.1. The number of methoxy groups -OCH3 is 2. The second-order valence-corrected chi connectivity index (χ2v) is 20.3. The average molecular weight is 967 g/mol. The predicted octanol–water partition coefficient (Wildman–Crippen LogP) is 12.6. The van der Waals surface area contributed by atoms with Gasteiger partial charge in [0.05, 0.1) is 70.4 Å². The topological polar surface area (TPSA) is 150 Å². The lowest BCUT2D eigenvalue weighted by Gasteiger charge is -2.16. The van der Waals surface area contributed by atoms with Crippen LogP contribution in [0.15, 0.2) is 121 Å². The minimum atomic E-state index is -0.393. The molecule has 0 radical (unpaired) electrons. The van der Waals surface area contributed by atoms with Crippen LogP contribution in [0.4, 0.5) is 0 Å². The van der Waals surface area contributed by atoms with E-state index < -0.39 is 5.97 Å². The second-order valence-electron chi connectivity index (χ2n) is 20.3. The summed E-state index contributed by atoms with van der Waals surface area (Å²) in [5.41, 5.74) is 19.3. The molecule has 8 aromatic rings. The van der Waals surface area contributed by atoms with Gasteiger partial charge >= 0.3 is 5.97 Å². The third-order valence-electron chi connectivity index (χ3n) is 13.8. The summed E-state index contributed by atoms with van der Waals surface area (Å²) in [4.78, 5) is 47.0. The average Bonchev–Trinajstić information content (AvgIpc) is 4.27. The van der Waals surface area contributed by atoms with Crippen LogP contribution in [0.5, 0.6) is 5.75 Å². The van der Waals surface area contributed by atoms with Crippen LogP contribution in [0.3, 0.4) is 0 Å². The van der Waals surface area contributed by atoms with Crippen molar-refractivity contribution in [3.63, 3.8) is 0 Å².